The zero-order valence-corrected chi connectivity index (χ0v) is 20.6. The number of benzene rings is 1. The number of thioether (sulfide) groups is 1. The monoisotopic (exact) mass is 469 g/mol. The lowest BCUT2D eigenvalue weighted by Gasteiger charge is -2.28. The molecule has 1 N–H and O–H groups in total. The summed E-state index contributed by atoms with van der Waals surface area (Å²) >= 11 is 1.38. The summed E-state index contributed by atoms with van der Waals surface area (Å²) in [5, 5.41) is 16.7. The first kappa shape index (κ1) is 23.2. The topological polar surface area (TPSA) is 90.1 Å². The molecule has 9 nitrogen and oxygen atoms in total. The van der Waals surface area contributed by atoms with E-state index in [0.29, 0.717) is 5.16 Å². The van der Waals surface area contributed by atoms with Crippen LogP contribution >= 0.6 is 11.8 Å². The van der Waals surface area contributed by atoms with Crippen LogP contribution in [0.4, 0.5) is 11.6 Å². The number of piperidine rings is 1. The lowest BCUT2D eigenvalue weighted by molar-refractivity contribution is -0.115. The summed E-state index contributed by atoms with van der Waals surface area (Å²) < 4.78 is 9.42. The number of nitrogens with one attached hydrogen (secondary N) is 1. The Balaban J connectivity index is 1.64. The van der Waals surface area contributed by atoms with Gasteiger partial charge in [-0.25, -0.2) is 0 Å². The van der Waals surface area contributed by atoms with Gasteiger partial charge in [0.15, 0.2) is 5.16 Å². The van der Waals surface area contributed by atoms with Crippen molar-refractivity contribution in [2.75, 3.05) is 30.4 Å². The number of ether oxygens (including phenoxy) is 1. The Morgan fingerprint density at radius 2 is 1.88 bits per heavy atom. The number of methoxy groups -OCH3 is 1. The fourth-order valence-electron chi connectivity index (χ4n) is 4.05. The maximum Gasteiger partial charge on any atom is 0.237 e. The molecule has 1 fully saturated rings. The number of carbonyl (C=O) groups is 1. The molecule has 10 heteroatoms. The molecule has 1 atom stereocenters. The summed E-state index contributed by atoms with van der Waals surface area (Å²) in [7, 11) is 3.53. The normalized spacial score (nSPS) is 14.9. The predicted octanol–water partition coefficient (Wildman–Crippen LogP) is 3.74. The quantitative estimate of drug-likeness (QED) is 0.527. The lowest BCUT2D eigenvalue weighted by atomic mass is 10.1. The number of hydrogen-bond acceptors (Lipinski definition) is 7. The number of hydrogen-bond donors (Lipinski definition) is 1. The van der Waals surface area contributed by atoms with Gasteiger partial charge in [-0.1, -0.05) is 23.9 Å². The SMILES string of the molecule is COc1ccccc1-n1c(SC(C)C(=O)Nc2c(C)nn(C)c2C)nnc1N1CCCCC1. The minimum atomic E-state index is -0.393. The molecule has 176 valence electrons. The molecule has 4 rings (SSSR count). The van der Waals surface area contributed by atoms with E-state index in [1.54, 1.807) is 11.8 Å². The molecule has 0 spiro atoms. The van der Waals surface area contributed by atoms with Crippen molar-refractivity contribution < 1.29 is 9.53 Å². The molecule has 0 saturated carbocycles. The van der Waals surface area contributed by atoms with Gasteiger partial charge in [0, 0.05) is 20.1 Å². The third kappa shape index (κ3) is 4.71. The first-order valence-corrected chi connectivity index (χ1v) is 12.1. The van der Waals surface area contributed by atoms with E-state index in [0.717, 1.165) is 60.4 Å². The van der Waals surface area contributed by atoms with Crippen molar-refractivity contribution in [1.82, 2.24) is 24.5 Å². The Morgan fingerprint density at radius 3 is 2.55 bits per heavy atom. The van der Waals surface area contributed by atoms with Gasteiger partial charge in [0.1, 0.15) is 5.75 Å². The third-order valence-corrected chi connectivity index (χ3v) is 7.03. The smallest absolute Gasteiger partial charge is 0.237 e. The van der Waals surface area contributed by atoms with E-state index in [-0.39, 0.29) is 5.91 Å². The highest BCUT2D eigenvalue weighted by Crippen LogP contribution is 2.34. The molecule has 1 aliphatic rings. The van der Waals surface area contributed by atoms with E-state index in [1.165, 1.54) is 18.2 Å². The molecule has 1 amide bonds. The van der Waals surface area contributed by atoms with Crippen LogP contribution in [0.1, 0.15) is 37.6 Å². The molecular weight excluding hydrogens is 438 g/mol. The molecule has 2 aromatic heterocycles. The first-order chi connectivity index (χ1) is 15.9. The fraction of sp³-hybridized carbons (Fsp3) is 0.478. The Labute approximate surface area is 198 Å². The van der Waals surface area contributed by atoms with Gasteiger partial charge in [0.2, 0.25) is 11.9 Å². The minimum absolute atomic E-state index is 0.103. The summed E-state index contributed by atoms with van der Waals surface area (Å²) in [6.07, 6.45) is 3.49. The van der Waals surface area contributed by atoms with Gasteiger partial charge >= 0.3 is 0 Å². The highest BCUT2D eigenvalue weighted by molar-refractivity contribution is 8.00. The summed E-state index contributed by atoms with van der Waals surface area (Å²) in [4.78, 5) is 15.3. The van der Waals surface area contributed by atoms with Crippen LogP contribution in [0.15, 0.2) is 29.4 Å². The van der Waals surface area contributed by atoms with Crippen LogP contribution < -0.4 is 15.0 Å². The molecule has 33 heavy (non-hydrogen) atoms. The number of nitrogens with zero attached hydrogens (tertiary/aromatic N) is 6. The summed E-state index contributed by atoms with van der Waals surface area (Å²) in [5.41, 5.74) is 3.34. The van der Waals surface area contributed by atoms with Gasteiger partial charge in [-0.3, -0.25) is 14.0 Å². The summed E-state index contributed by atoms with van der Waals surface area (Å²) in [6, 6.07) is 7.83. The Bertz CT molecular complexity index is 1130. The van der Waals surface area contributed by atoms with Crippen molar-refractivity contribution >= 4 is 29.3 Å². The molecule has 1 aliphatic heterocycles. The number of para-hydroxylation sites is 2. The Morgan fingerprint density at radius 1 is 1.15 bits per heavy atom. The van der Waals surface area contributed by atoms with Gasteiger partial charge in [-0.15, -0.1) is 10.2 Å². The zero-order valence-electron chi connectivity index (χ0n) is 19.8. The molecule has 0 radical (unpaired) electrons. The van der Waals surface area contributed by atoms with E-state index in [4.69, 9.17) is 4.74 Å². The largest absolute Gasteiger partial charge is 0.495 e. The van der Waals surface area contributed by atoms with Crippen LogP contribution in [0.3, 0.4) is 0 Å². The van der Waals surface area contributed by atoms with Crippen molar-refractivity contribution in [1.29, 1.82) is 0 Å². The maximum atomic E-state index is 13.0. The van der Waals surface area contributed by atoms with Gasteiger partial charge in [-0.2, -0.15) is 5.10 Å². The molecule has 1 saturated heterocycles. The second-order valence-electron chi connectivity index (χ2n) is 8.26. The minimum Gasteiger partial charge on any atom is -0.495 e. The Kier molecular flexibility index (Phi) is 6.92. The molecule has 3 heterocycles. The number of rotatable bonds is 7. The highest BCUT2D eigenvalue weighted by atomic mass is 32.2. The van der Waals surface area contributed by atoms with Crippen molar-refractivity contribution in [2.45, 2.75) is 50.4 Å². The summed E-state index contributed by atoms with van der Waals surface area (Å²) in [5.74, 6) is 1.41. The van der Waals surface area contributed by atoms with Crippen LogP contribution in [0.25, 0.3) is 5.69 Å². The predicted molar refractivity (Wildman–Crippen MR) is 131 cm³/mol. The van der Waals surface area contributed by atoms with Crippen LogP contribution in [0.2, 0.25) is 0 Å². The number of anilines is 2. The molecule has 0 bridgehead atoms. The van der Waals surface area contributed by atoms with E-state index in [2.05, 4.69) is 25.5 Å². The zero-order chi connectivity index (χ0) is 23.5. The second-order valence-corrected chi connectivity index (χ2v) is 9.56. The van der Waals surface area contributed by atoms with Gasteiger partial charge in [0.05, 0.1) is 35.1 Å². The van der Waals surface area contributed by atoms with Crippen molar-refractivity contribution in [3.63, 3.8) is 0 Å². The standard InChI is InChI=1S/C23H31N7O2S/c1-15-20(16(2)28(4)27-15)24-21(31)17(3)33-23-26-25-22(29-13-9-6-10-14-29)30(23)18-11-7-8-12-19(18)32-5/h7-8,11-12,17H,6,9-10,13-14H2,1-5H3,(H,24,31). The van der Waals surface area contributed by atoms with Crippen molar-refractivity contribution in [2.24, 2.45) is 7.05 Å². The molecule has 3 aromatic rings. The van der Waals surface area contributed by atoms with Crippen LogP contribution in [0, 0.1) is 13.8 Å². The van der Waals surface area contributed by atoms with E-state index >= 15 is 0 Å². The lowest BCUT2D eigenvalue weighted by Crippen LogP contribution is -2.32. The Hall–Kier alpha value is -3.01. The molecule has 0 aliphatic carbocycles. The first-order valence-electron chi connectivity index (χ1n) is 11.2. The van der Waals surface area contributed by atoms with Gasteiger partial charge < -0.3 is 15.0 Å². The number of carbonyl (C=O) groups excluding carboxylic acids is 1. The maximum absolute atomic E-state index is 13.0. The second kappa shape index (κ2) is 9.86. The fourth-order valence-corrected chi connectivity index (χ4v) is 4.91. The van der Waals surface area contributed by atoms with Crippen molar-refractivity contribution in [3.05, 3.63) is 35.7 Å². The van der Waals surface area contributed by atoms with Crippen LogP contribution in [-0.4, -0.2) is 55.9 Å². The number of amides is 1. The highest BCUT2D eigenvalue weighted by Gasteiger charge is 2.26. The van der Waals surface area contributed by atoms with Crippen LogP contribution in [0.5, 0.6) is 5.75 Å². The average molecular weight is 470 g/mol. The van der Waals surface area contributed by atoms with E-state index < -0.39 is 5.25 Å². The number of aryl methyl sites for hydroxylation is 2. The number of aromatic nitrogens is 5. The van der Waals surface area contributed by atoms with Crippen molar-refractivity contribution in [3.8, 4) is 11.4 Å². The van der Waals surface area contributed by atoms with E-state index in [1.807, 2.05) is 56.7 Å². The van der Waals surface area contributed by atoms with Gasteiger partial charge in [-0.05, 0) is 52.2 Å². The third-order valence-electron chi connectivity index (χ3n) is 5.99. The average Bonchev–Trinajstić information content (AvgIpc) is 3.35. The molecular formula is C23H31N7O2S. The van der Waals surface area contributed by atoms with E-state index in [9.17, 15) is 4.79 Å². The van der Waals surface area contributed by atoms with Gasteiger partial charge in [0.25, 0.3) is 0 Å². The van der Waals surface area contributed by atoms with Crippen LogP contribution in [-0.2, 0) is 11.8 Å². The summed E-state index contributed by atoms with van der Waals surface area (Å²) in [6.45, 7) is 7.59. The molecule has 1 unspecified atom stereocenters. The molecule has 1 aromatic carbocycles.